The molecule has 1 aliphatic carbocycles. The average Bonchev–Trinajstić information content (AvgIpc) is 2.97. The molecule has 1 fully saturated rings. The van der Waals surface area contributed by atoms with Gasteiger partial charge in [-0.15, -0.1) is 0 Å². The molecule has 1 heteroatoms. The summed E-state index contributed by atoms with van der Waals surface area (Å²) in [5.41, 5.74) is 8.55. The molecule has 0 aromatic heterocycles. The van der Waals surface area contributed by atoms with Gasteiger partial charge in [0.25, 0.3) is 0 Å². The Labute approximate surface area is 86.3 Å². The Balaban J connectivity index is 2.08. The van der Waals surface area contributed by atoms with Crippen molar-refractivity contribution in [1.29, 1.82) is 0 Å². The van der Waals surface area contributed by atoms with E-state index >= 15 is 0 Å². The van der Waals surface area contributed by atoms with Crippen molar-refractivity contribution in [3.8, 4) is 0 Å². The lowest BCUT2D eigenvalue weighted by Crippen LogP contribution is -2.01. The highest BCUT2D eigenvalue weighted by atomic mass is 14.6. The van der Waals surface area contributed by atoms with Crippen LogP contribution in [0.1, 0.15) is 43.2 Å². The summed E-state index contributed by atoms with van der Waals surface area (Å²) in [5.74, 6) is 2.13. The molecule has 1 aromatic carbocycles. The van der Waals surface area contributed by atoms with E-state index in [0.717, 1.165) is 18.4 Å². The van der Waals surface area contributed by atoms with Crippen LogP contribution in [0.15, 0.2) is 24.3 Å². The quantitative estimate of drug-likeness (QED) is 0.777. The van der Waals surface area contributed by atoms with Gasteiger partial charge in [-0.05, 0) is 41.8 Å². The summed E-state index contributed by atoms with van der Waals surface area (Å²) in [6, 6.07) is 9.06. The summed E-state index contributed by atoms with van der Waals surface area (Å²) in [7, 11) is 0. The van der Waals surface area contributed by atoms with Crippen LogP contribution >= 0.6 is 0 Å². The highest BCUT2D eigenvalue weighted by Gasteiger charge is 2.36. The maximum absolute atomic E-state index is 5.64. The second kappa shape index (κ2) is 3.74. The molecular formula is C13H19N. The number of rotatable bonds is 3. The summed E-state index contributed by atoms with van der Waals surface area (Å²) >= 11 is 0. The second-order valence-electron chi connectivity index (χ2n) is 4.66. The molecule has 0 bridgehead atoms. The molecule has 14 heavy (non-hydrogen) atoms. The molecule has 0 heterocycles. The zero-order valence-electron chi connectivity index (χ0n) is 9.03. The first-order valence-electron chi connectivity index (χ1n) is 5.52. The minimum absolute atomic E-state index is 0.633. The van der Waals surface area contributed by atoms with Gasteiger partial charge in [-0.2, -0.15) is 0 Å². The molecule has 0 spiro atoms. The van der Waals surface area contributed by atoms with Gasteiger partial charge >= 0.3 is 0 Å². The van der Waals surface area contributed by atoms with E-state index in [2.05, 4.69) is 38.1 Å². The fourth-order valence-electron chi connectivity index (χ4n) is 2.04. The average molecular weight is 189 g/mol. The van der Waals surface area contributed by atoms with E-state index in [1.165, 1.54) is 17.5 Å². The molecule has 1 saturated carbocycles. The van der Waals surface area contributed by atoms with Crippen molar-refractivity contribution >= 4 is 0 Å². The largest absolute Gasteiger partial charge is 0.330 e. The van der Waals surface area contributed by atoms with Gasteiger partial charge in [-0.1, -0.05) is 38.1 Å². The standard InChI is InChI=1S/C13H19N/c1-9(2)10-3-5-11(6-4-10)13-7-12(13)8-14/h3-6,9,12-13H,7-8,14H2,1-2H3/t12-,13+/m1/s1. The smallest absolute Gasteiger partial charge is 0.00428 e. The number of benzene rings is 1. The third-order valence-electron chi connectivity index (χ3n) is 3.26. The van der Waals surface area contributed by atoms with E-state index in [1.807, 2.05) is 0 Å². The topological polar surface area (TPSA) is 26.0 Å². The van der Waals surface area contributed by atoms with Gasteiger partial charge in [-0.3, -0.25) is 0 Å². The SMILES string of the molecule is CC(C)c1ccc([C@@H]2C[C@@H]2CN)cc1. The Morgan fingerprint density at radius 3 is 2.36 bits per heavy atom. The van der Waals surface area contributed by atoms with Crippen molar-refractivity contribution in [1.82, 2.24) is 0 Å². The summed E-state index contributed by atoms with van der Waals surface area (Å²) < 4.78 is 0. The molecule has 1 aromatic rings. The molecule has 0 aliphatic heterocycles. The Morgan fingerprint density at radius 2 is 1.93 bits per heavy atom. The Kier molecular flexibility index (Phi) is 2.60. The van der Waals surface area contributed by atoms with Crippen LogP contribution in [0.4, 0.5) is 0 Å². The minimum atomic E-state index is 0.633. The van der Waals surface area contributed by atoms with Crippen molar-refractivity contribution in [2.45, 2.75) is 32.1 Å². The molecular weight excluding hydrogens is 170 g/mol. The molecule has 0 radical (unpaired) electrons. The lowest BCUT2D eigenvalue weighted by molar-refractivity contribution is 0.808. The van der Waals surface area contributed by atoms with Crippen LogP contribution in [-0.4, -0.2) is 6.54 Å². The van der Waals surface area contributed by atoms with Gasteiger partial charge < -0.3 is 5.73 Å². The van der Waals surface area contributed by atoms with Gasteiger partial charge in [0.1, 0.15) is 0 Å². The van der Waals surface area contributed by atoms with Crippen LogP contribution in [0.2, 0.25) is 0 Å². The predicted octanol–water partition coefficient (Wildman–Crippen LogP) is 2.87. The summed E-state index contributed by atoms with van der Waals surface area (Å²) in [6.07, 6.45) is 1.29. The molecule has 0 unspecified atom stereocenters. The van der Waals surface area contributed by atoms with Gasteiger partial charge in [0.05, 0.1) is 0 Å². The number of hydrogen-bond acceptors (Lipinski definition) is 1. The van der Waals surface area contributed by atoms with Gasteiger partial charge in [0.15, 0.2) is 0 Å². The van der Waals surface area contributed by atoms with Crippen LogP contribution in [0.25, 0.3) is 0 Å². The first-order chi connectivity index (χ1) is 6.72. The first-order valence-corrected chi connectivity index (χ1v) is 5.52. The van der Waals surface area contributed by atoms with Gasteiger partial charge in [0.2, 0.25) is 0 Å². The van der Waals surface area contributed by atoms with E-state index in [1.54, 1.807) is 0 Å². The molecule has 1 nitrogen and oxygen atoms in total. The Hall–Kier alpha value is -0.820. The molecule has 1 aliphatic rings. The molecule has 2 N–H and O–H groups in total. The van der Waals surface area contributed by atoms with E-state index in [4.69, 9.17) is 5.73 Å². The zero-order chi connectivity index (χ0) is 10.1. The fourth-order valence-corrected chi connectivity index (χ4v) is 2.04. The van der Waals surface area contributed by atoms with Crippen LogP contribution in [-0.2, 0) is 0 Å². The number of hydrogen-bond donors (Lipinski definition) is 1. The fraction of sp³-hybridized carbons (Fsp3) is 0.538. The monoisotopic (exact) mass is 189 g/mol. The zero-order valence-corrected chi connectivity index (χ0v) is 9.03. The Bertz CT molecular complexity index is 300. The van der Waals surface area contributed by atoms with Crippen LogP contribution in [0.5, 0.6) is 0 Å². The van der Waals surface area contributed by atoms with E-state index < -0.39 is 0 Å². The molecule has 0 amide bonds. The van der Waals surface area contributed by atoms with Gasteiger partial charge in [-0.25, -0.2) is 0 Å². The summed E-state index contributed by atoms with van der Waals surface area (Å²) in [4.78, 5) is 0. The first kappa shape index (κ1) is 9.72. The molecule has 76 valence electrons. The lowest BCUT2D eigenvalue weighted by atomic mass is 10.00. The van der Waals surface area contributed by atoms with Gasteiger partial charge in [0, 0.05) is 0 Å². The van der Waals surface area contributed by atoms with Crippen molar-refractivity contribution < 1.29 is 0 Å². The van der Waals surface area contributed by atoms with E-state index in [0.29, 0.717) is 5.92 Å². The van der Waals surface area contributed by atoms with Crippen molar-refractivity contribution in [3.05, 3.63) is 35.4 Å². The highest BCUT2D eigenvalue weighted by Crippen LogP contribution is 2.46. The normalized spacial score (nSPS) is 25.4. The second-order valence-corrected chi connectivity index (χ2v) is 4.66. The molecule has 2 atom stereocenters. The lowest BCUT2D eigenvalue weighted by Gasteiger charge is -2.06. The predicted molar refractivity (Wildman–Crippen MR) is 60.4 cm³/mol. The van der Waals surface area contributed by atoms with Crippen LogP contribution in [0.3, 0.4) is 0 Å². The summed E-state index contributed by atoms with van der Waals surface area (Å²) in [6.45, 7) is 5.31. The van der Waals surface area contributed by atoms with Crippen molar-refractivity contribution in [2.75, 3.05) is 6.54 Å². The highest BCUT2D eigenvalue weighted by molar-refractivity contribution is 5.30. The molecule has 2 rings (SSSR count). The maximum Gasteiger partial charge on any atom is -0.00428 e. The van der Waals surface area contributed by atoms with Crippen LogP contribution < -0.4 is 5.73 Å². The maximum atomic E-state index is 5.64. The van der Waals surface area contributed by atoms with Crippen molar-refractivity contribution in [2.24, 2.45) is 11.7 Å². The van der Waals surface area contributed by atoms with Crippen LogP contribution in [0, 0.1) is 5.92 Å². The Morgan fingerprint density at radius 1 is 1.29 bits per heavy atom. The molecule has 0 saturated heterocycles. The third kappa shape index (κ3) is 1.83. The minimum Gasteiger partial charge on any atom is -0.330 e. The number of nitrogens with two attached hydrogens (primary N) is 1. The summed E-state index contributed by atoms with van der Waals surface area (Å²) in [5, 5.41) is 0. The van der Waals surface area contributed by atoms with Crippen molar-refractivity contribution in [3.63, 3.8) is 0 Å². The van der Waals surface area contributed by atoms with E-state index in [9.17, 15) is 0 Å². The van der Waals surface area contributed by atoms with E-state index in [-0.39, 0.29) is 0 Å². The third-order valence-corrected chi connectivity index (χ3v) is 3.26.